The molecule has 9 nitrogen and oxygen atoms in total. The molecule has 0 fully saturated rings. The van der Waals surface area contributed by atoms with Crippen molar-refractivity contribution in [3.63, 3.8) is 0 Å². The number of non-ortho nitro benzene ring substituents is 1. The number of ether oxygens (including phenoxy) is 1. The molecule has 1 aromatic heterocycles. The number of amides is 1. The van der Waals surface area contributed by atoms with Crippen LogP contribution in [0.15, 0.2) is 71.7 Å². The maximum atomic E-state index is 12.5. The molecule has 1 N–H and O–H groups in total. The lowest BCUT2D eigenvalue weighted by Crippen LogP contribution is -2.32. The van der Waals surface area contributed by atoms with Crippen LogP contribution in [-0.4, -0.2) is 21.9 Å². The molecule has 3 aromatic rings. The van der Waals surface area contributed by atoms with Crippen LogP contribution in [0, 0.1) is 10.1 Å². The van der Waals surface area contributed by atoms with Gasteiger partial charge in [-0.15, -0.1) is 13.2 Å². The average Bonchev–Trinajstić information content (AvgIpc) is 2.73. The Morgan fingerprint density at radius 3 is 2.47 bits per heavy atom. The molecule has 1 amide bonds. The van der Waals surface area contributed by atoms with E-state index in [9.17, 15) is 32.9 Å². The van der Waals surface area contributed by atoms with Gasteiger partial charge in [-0.3, -0.25) is 19.7 Å². The number of nitrogens with one attached hydrogen (secondary N) is 1. The van der Waals surface area contributed by atoms with Crippen LogP contribution in [0.4, 0.5) is 24.5 Å². The summed E-state index contributed by atoms with van der Waals surface area (Å²) in [6.45, 7) is -0.173. The van der Waals surface area contributed by atoms with Crippen molar-refractivity contribution in [1.82, 2.24) is 4.73 Å². The van der Waals surface area contributed by atoms with Crippen LogP contribution in [0.5, 0.6) is 5.75 Å². The minimum Gasteiger partial charge on any atom is -0.406 e. The van der Waals surface area contributed by atoms with Gasteiger partial charge < -0.3 is 14.9 Å². The first-order valence-corrected chi connectivity index (χ1v) is 8.88. The quantitative estimate of drug-likeness (QED) is 0.436. The number of rotatable bonds is 7. The highest BCUT2D eigenvalue weighted by Gasteiger charge is 2.31. The zero-order valence-electron chi connectivity index (χ0n) is 16.0. The first-order chi connectivity index (χ1) is 15.1. The summed E-state index contributed by atoms with van der Waals surface area (Å²) in [5.74, 6) is -1.28. The molecule has 32 heavy (non-hydrogen) atoms. The van der Waals surface area contributed by atoms with Gasteiger partial charge in [0.15, 0.2) is 0 Å². The summed E-state index contributed by atoms with van der Waals surface area (Å²) in [7, 11) is 0. The van der Waals surface area contributed by atoms with Crippen molar-refractivity contribution in [3.05, 3.63) is 98.5 Å². The number of hydrogen-bond donors (Lipinski definition) is 1. The third-order valence-corrected chi connectivity index (χ3v) is 4.00. The summed E-state index contributed by atoms with van der Waals surface area (Å²) in [6, 6.07) is 12.6. The molecule has 3 rings (SSSR count). The third-order valence-electron chi connectivity index (χ3n) is 4.00. The van der Waals surface area contributed by atoms with Crippen LogP contribution in [0.3, 0.4) is 0 Å². The number of nitro groups is 1. The molecular formula is C20H14F3N3O6. The molecular weight excluding hydrogens is 435 g/mol. The Bertz CT molecular complexity index is 1190. The summed E-state index contributed by atoms with van der Waals surface area (Å²) in [4.78, 5) is 40.6. The SMILES string of the molecule is O=C(Nc1ccc(OC(F)(F)F)cc1)c1cccn(OCc2cccc([N+](=O)[O-])c2)c1=O. The highest BCUT2D eigenvalue weighted by atomic mass is 19.4. The van der Waals surface area contributed by atoms with Gasteiger partial charge in [-0.05, 0) is 42.0 Å². The van der Waals surface area contributed by atoms with Crippen molar-refractivity contribution >= 4 is 17.3 Å². The zero-order valence-corrected chi connectivity index (χ0v) is 16.0. The second-order valence-electron chi connectivity index (χ2n) is 6.28. The number of nitro benzene ring substituents is 1. The predicted molar refractivity (Wildman–Crippen MR) is 105 cm³/mol. The summed E-state index contributed by atoms with van der Waals surface area (Å²) in [5.41, 5.74) is -0.660. The highest BCUT2D eigenvalue weighted by molar-refractivity contribution is 6.03. The molecule has 0 aliphatic heterocycles. The van der Waals surface area contributed by atoms with Crippen LogP contribution in [0.2, 0.25) is 0 Å². The number of alkyl halides is 3. The van der Waals surface area contributed by atoms with Gasteiger partial charge in [0.1, 0.15) is 17.9 Å². The third kappa shape index (κ3) is 5.84. The standard InChI is InChI=1S/C20H14F3N3O6/c21-20(22,23)32-16-8-6-14(7-9-16)24-18(27)17-5-2-10-25(19(17)28)31-12-13-3-1-4-15(11-13)26(29)30/h1-11H,12H2,(H,24,27). The number of hydrogen-bond acceptors (Lipinski definition) is 6. The molecule has 0 aliphatic rings. The van der Waals surface area contributed by atoms with Gasteiger partial charge >= 0.3 is 6.36 Å². The zero-order chi connectivity index (χ0) is 23.3. The molecule has 0 saturated heterocycles. The number of nitrogens with zero attached hydrogens (tertiary/aromatic N) is 2. The largest absolute Gasteiger partial charge is 0.573 e. The van der Waals surface area contributed by atoms with E-state index in [1.807, 2.05) is 0 Å². The maximum absolute atomic E-state index is 12.5. The molecule has 0 radical (unpaired) electrons. The Kier molecular flexibility index (Phi) is 6.42. The number of aromatic nitrogens is 1. The van der Waals surface area contributed by atoms with E-state index in [0.717, 1.165) is 16.9 Å². The van der Waals surface area contributed by atoms with Gasteiger partial charge in [0.2, 0.25) is 0 Å². The van der Waals surface area contributed by atoms with Gasteiger partial charge in [0.25, 0.3) is 17.2 Å². The molecule has 0 spiro atoms. The first kappa shape index (κ1) is 22.3. The molecule has 2 aromatic carbocycles. The van der Waals surface area contributed by atoms with Crippen molar-refractivity contribution < 1.29 is 32.5 Å². The average molecular weight is 449 g/mol. The molecule has 166 valence electrons. The topological polar surface area (TPSA) is 113 Å². The van der Waals surface area contributed by atoms with Gasteiger partial charge in [-0.25, -0.2) is 0 Å². The van der Waals surface area contributed by atoms with Gasteiger partial charge in [-0.1, -0.05) is 12.1 Å². The van der Waals surface area contributed by atoms with E-state index in [4.69, 9.17) is 4.84 Å². The second kappa shape index (κ2) is 9.20. The highest BCUT2D eigenvalue weighted by Crippen LogP contribution is 2.24. The van der Waals surface area contributed by atoms with Crippen molar-refractivity contribution in [3.8, 4) is 5.75 Å². The fraction of sp³-hybridized carbons (Fsp3) is 0.100. The van der Waals surface area contributed by atoms with Crippen LogP contribution in [-0.2, 0) is 6.61 Å². The van der Waals surface area contributed by atoms with E-state index in [1.54, 1.807) is 6.07 Å². The lowest BCUT2D eigenvalue weighted by atomic mass is 10.2. The summed E-state index contributed by atoms with van der Waals surface area (Å²) < 4.78 is 41.2. The minimum absolute atomic E-state index is 0.136. The van der Waals surface area contributed by atoms with Gasteiger partial charge in [0.05, 0.1) is 4.92 Å². The second-order valence-corrected chi connectivity index (χ2v) is 6.28. The number of benzene rings is 2. The van der Waals surface area contributed by atoms with Crippen LogP contribution >= 0.6 is 0 Å². The van der Waals surface area contributed by atoms with Crippen molar-refractivity contribution in [2.24, 2.45) is 0 Å². The van der Waals surface area contributed by atoms with Crippen LogP contribution in [0.1, 0.15) is 15.9 Å². The molecule has 1 heterocycles. The number of anilines is 1. The molecule has 12 heteroatoms. The Morgan fingerprint density at radius 2 is 1.81 bits per heavy atom. The van der Waals surface area contributed by atoms with E-state index < -0.39 is 28.5 Å². The lowest BCUT2D eigenvalue weighted by Gasteiger charge is -2.11. The Balaban J connectivity index is 1.69. The molecule has 0 aliphatic carbocycles. The number of carbonyl (C=O) groups is 1. The summed E-state index contributed by atoms with van der Waals surface area (Å²) >= 11 is 0. The number of halogens is 3. The van der Waals surface area contributed by atoms with E-state index in [1.165, 1.54) is 48.7 Å². The fourth-order valence-corrected chi connectivity index (χ4v) is 2.59. The Morgan fingerprint density at radius 1 is 1.09 bits per heavy atom. The monoisotopic (exact) mass is 449 g/mol. The van der Waals surface area contributed by atoms with Crippen molar-refractivity contribution in [2.75, 3.05) is 5.32 Å². The van der Waals surface area contributed by atoms with Crippen molar-refractivity contribution in [2.45, 2.75) is 13.0 Å². The molecule has 0 unspecified atom stereocenters. The molecule has 0 saturated carbocycles. The smallest absolute Gasteiger partial charge is 0.406 e. The van der Waals surface area contributed by atoms with Crippen LogP contribution in [0.25, 0.3) is 0 Å². The first-order valence-electron chi connectivity index (χ1n) is 8.88. The van der Waals surface area contributed by atoms with Gasteiger partial charge in [-0.2, -0.15) is 4.73 Å². The number of pyridine rings is 1. The van der Waals surface area contributed by atoms with Crippen molar-refractivity contribution in [1.29, 1.82) is 0 Å². The normalized spacial score (nSPS) is 11.0. The van der Waals surface area contributed by atoms with E-state index in [2.05, 4.69) is 10.1 Å². The van der Waals surface area contributed by atoms with E-state index >= 15 is 0 Å². The Labute approximate surface area is 177 Å². The number of carbonyl (C=O) groups excluding carboxylic acids is 1. The van der Waals surface area contributed by atoms with Crippen LogP contribution < -0.4 is 20.5 Å². The maximum Gasteiger partial charge on any atom is 0.573 e. The Hall–Kier alpha value is -4.35. The fourth-order valence-electron chi connectivity index (χ4n) is 2.59. The molecule has 0 atom stereocenters. The summed E-state index contributed by atoms with van der Waals surface area (Å²) in [5, 5.41) is 13.2. The predicted octanol–water partition coefficient (Wildman–Crippen LogP) is 3.54. The summed E-state index contributed by atoms with van der Waals surface area (Å²) in [6.07, 6.45) is -3.58. The minimum atomic E-state index is -4.84. The molecule has 0 bridgehead atoms. The van der Waals surface area contributed by atoms with E-state index in [-0.39, 0.29) is 23.5 Å². The lowest BCUT2D eigenvalue weighted by molar-refractivity contribution is -0.385. The van der Waals surface area contributed by atoms with E-state index in [0.29, 0.717) is 5.56 Å². The van der Waals surface area contributed by atoms with Gasteiger partial charge in [0, 0.05) is 24.0 Å².